The average molecular weight is 256 g/mol. The van der Waals surface area contributed by atoms with Gasteiger partial charge in [0.25, 0.3) is 0 Å². The Morgan fingerprint density at radius 3 is 2.22 bits per heavy atom. The fourth-order valence-corrected chi connectivity index (χ4v) is 2.73. The maximum atomic E-state index is 11.3. The lowest BCUT2D eigenvalue weighted by atomic mass is 9.92. The summed E-state index contributed by atoms with van der Waals surface area (Å²) in [5, 5.41) is 12.2. The van der Waals surface area contributed by atoms with Crippen LogP contribution in [0.15, 0.2) is 0 Å². The first kappa shape index (κ1) is 15.4. The van der Waals surface area contributed by atoms with E-state index in [0.29, 0.717) is 12.5 Å². The van der Waals surface area contributed by atoms with Crippen LogP contribution in [0.1, 0.15) is 52.4 Å². The van der Waals surface area contributed by atoms with Gasteiger partial charge in [-0.15, -0.1) is 0 Å². The van der Waals surface area contributed by atoms with Crippen LogP contribution in [0.4, 0.5) is 0 Å². The van der Waals surface area contributed by atoms with E-state index in [1.807, 2.05) is 0 Å². The molecular formula is C14H28N2O2. The minimum atomic E-state index is -0.818. The van der Waals surface area contributed by atoms with Gasteiger partial charge < -0.3 is 15.3 Å². The lowest BCUT2D eigenvalue weighted by molar-refractivity contribution is -0.144. The predicted octanol–water partition coefficient (Wildman–Crippen LogP) is 2.09. The molecule has 0 bridgehead atoms. The Morgan fingerprint density at radius 2 is 1.78 bits per heavy atom. The molecule has 2 unspecified atom stereocenters. The minimum absolute atomic E-state index is 0.316. The van der Waals surface area contributed by atoms with Gasteiger partial charge in [0, 0.05) is 6.04 Å². The Morgan fingerprint density at radius 1 is 1.28 bits per heavy atom. The Kier molecular flexibility index (Phi) is 6.09. The van der Waals surface area contributed by atoms with Crippen LogP contribution in [-0.2, 0) is 4.79 Å². The maximum Gasteiger partial charge on any atom is 0.323 e. The van der Waals surface area contributed by atoms with Crippen molar-refractivity contribution in [3.05, 3.63) is 0 Å². The molecule has 0 aromatic rings. The molecule has 0 spiro atoms. The van der Waals surface area contributed by atoms with E-state index in [4.69, 9.17) is 0 Å². The van der Waals surface area contributed by atoms with Crippen LogP contribution >= 0.6 is 0 Å². The van der Waals surface area contributed by atoms with Gasteiger partial charge in [-0.25, -0.2) is 0 Å². The van der Waals surface area contributed by atoms with Crippen LogP contribution < -0.4 is 5.32 Å². The van der Waals surface area contributed by atoms with E-state index in [9.17, 15) is 9.90 Å². The predicted molar refractivity (Wildman–Crippen MR) is 73.8 cm³/mol. The second-order valence-electron chi connectivity index (χ2n) is 5.74. The smallest absolute Gasteiger partial charge is 0.323 e. The van der Waals surface area contributed by atoms with Gasteiger partial charge in [0.15, 0.2) is 0 Å². The van der Waals surface area contributed by atoms with Gasteiger partial charge in [-0.1, -0.05) is 19.3 Å². The molecule has 1 saturated heterocycles. The quantitative estimate of drug-likeness (QED) is 0.791. The van der Waals surface area contributed by atoms with E-state index < -0.39 is 11.5 Å². The molecule has 0 aromatic heterocycles. The highest BCUT2D eigenvalue weighted by Gasteiger charge is 2.34. The van der Waals surface area contributed by atoms with E-state index in [2.05, 4.69) is 17.1 Å². The molecule has 0 saturated carbocycles. The third-order valence-electron chi connectivity index (χ3n) is 4.24. The summed E-state index contributed by atoms with van der Waals surface area (Å²) in [5.74, 6) is -0.760. The molecule has 4 nitrogen and oxygen atoms in total. The van der Waals surface area contributed by atoms with Crippen molar-refractivity contribution in [1.82, 2.24) is 10.2 Å². The van der Waals surface area contributed by atoms with Crippen molar-refractivity contribution in [1.29, 1.82) is 0 Å². The topological polar surface area (TPSA) is 52.6 Å². The first-order valence-electron chi connectivity index (χ1n) is 7.16. The van der Waals surface area contributed by atoms with Crippen molar-refractivity contribution in [2.75, 3.05) is 20.1 Å². The molecule has 4 heteroatoms. The van der Waals surface area contributed by atoms with Gasteiger partial charge in [0.1, 0.15) is 5.54 Å². The monoisotopic (exact) mass is 256 g/mol. The van der Waals surface area contributed by atoms with Crippen molar-refractivity contribution < 1.29 is 9.90 Å². The Hall–Kier alpha value is -0.610. The number of hydrogen-bond acceptors (Lipinski definition) is 3. The highest BCUT2D eigenvalue weighted by Crippen LogP contribution is 2.19. The molecule has 2 N–H and O–H groups in total. The zero-order chi connectivity index (χ0) is 13.6. The molecule has 1 fully saturated rings. The van der Waals surface area contributed by atoms with E-state index in [-0.39, 0.29) is 0 Å². The summed E-state index contributed by atoms with van der Waals surface area (Å²) >= 11 is 0. The summed E-state index contributed by atoms with van der Waals surface area (Å²) in [5.41, 5.74) is -0.818. The molecule has 0 aliphatic carbocycles. The van der Waals surface area contributed by atoms with E-state index in [0.717, 1.165) is 13.1 Å². The largest absolute Gasteiger partial charge is 0.480 e. The number of carboxylic acids is 1. The van der Waals surface area contributed by atoms with E-state index >= 15 is 0 Å². The molecule has 1 rings (SSSR count). The van der Waals surface area contributed by atoms with Gasteiger partial charge in [-0.2, -0.15) is 0 Å². The number of rotatable bonds is 5. The number of carbonyl (C=O) groups is 1. The molecule has 0 aromatic carbocycles. The highest BCUT2D eigenvalue weighted by atomic mass is 16.4. The lowest BCUT2D eigenvalue weighted by Crippen LogP contribution is -2.52. The molecule has 1 aliphatic rings. The van der Waals surface area contributed by atoms with Crippen molar-refractivity contribution in [2.24, 2.45) is 0 Å². The molecule has 1 aliphatic heterocycles. The lowest BCUT2D eigenvalue weighted by Gasteiger charge is -2.35. The minimum Gasteiger partial charge on any atom is -0.480 e. The fourth-order valence-electron chi connectivity index (χ4n) is 2.73. The summed E-state index contributed by atoms with van der Waals surface area (Å²) in [6.45, 7) is 6.15. The van der Waals surface area contributed by atoms with Gasteiger partial charge in [0.2, 0.25) is 0 Å². The van der Waals surface area contributed by atoms with Crippen LogP contribution in [0.5, 0.6) is 0 Å². The summed E-state index contributed by atoms with van der Waals surface area (Å²) in [7, 11) is 1.73. The summed E-state index contributed by atoms with van der Waals surface area (Å²) in [6, 6.07) is 0.316. The Bertz CT molecular complexity index is 263. The van der Waals surface area contributed by atoms with Crippen molar-refractivity contribution in [3.63, 3.8) is 0 Å². The van der Waals surface area contributed by atoms with E-state index in [1.165, 1.54) is 32.1 Å². The second-order valence-corrected chi connectivity index (χ2v) is 5.74. The number of nitrogens with one attached hydrogen (secondary N) is 1. The first-order valence-corrected chi connectivity index (χ1v) is 7.16. The number of aliphatic carboxylic acids is 1. The third kappa shape index (κ3) is 4.25. The number of likely N-dealkylation sites (N-methyl/N-ethyl adjacent to an activating group) is 1. The van der Waals surface area contributed by atoms with Gasteiger partial charge in [-0.05, 0) is 53.2 Å². The molecule has 0 amide bonds. The van der Waals surface area contributed by atoms with Gasteiger partial charge in [0.05, 0.1) is 0 Å². The standard InChI is InChI=1S/C14H28N2O2/c1-12(11-14(2,15-3)13(17)18)16-9-7-5-4-6-8-10-16/h12,15H,4-11H2,1-3H3,(H,17,18). The van der Waals surface area contributed by atoms with Crippen LogP contribution in [0.3, 0.4) is 0 Å². The van der Waals surface area contributed by atoms with Crippen molar-refractivity contribution in [2.45, 2.75) is 64.0 Å². The fraction of sp³-hybridized carbons (Fsp3) is 0.929. The van der Waals surface area contributed by atoms with E-state index in [1.54, 1.807) is 14.0 Å². The molecular weight excluding hydrogens is 228 g/mol. The number of likely N-dealkylation sites (tertiary alicyclic amines) is 1. The van der Waals surface area contributed by atoms with Crippen molar-refractivity contribution in [3.8, 4) is 0 Å². The van der Waals surface area contributed by atoms with Crippen LogP contribution in [0.2, 0.25) is 0 Å². The van der Waals surface area contributed by atoms with Gasteiger partial charge >= 0.3 is 5.97 Å². The molecule has 18 heavy (non-hydrogen) atoms. The Labute approximate surface area is 111 Å². The molecule has 2 atom stereocenters. The zero-order valence-corrected chi connectivity index (χ0v) is 12.0. The number of hydrogen-bond donors (Lipinski definition) is 2. The third-order valence-corrected chi connectivity index (χ3v) is 4.24. The Balaban J connectivity index is 2.56. The molecule has 1 heterocycles. The van der Waals surface area contributed by atoms with Crippen LogP contribution in [0.25, 0.3) is 0 Å². The second kappa shape index (κ2) is 7.10. The average Bonchev–Trinajstić information content (AvgIpc) is 2.27. The summed E-state index contributed by atoms with van der Waals surface area (Å²) < 4.78 is 0. The molecule has 0 radical (unpaired) electrons. The maximum absolute atomic E-state index is 11.3. The zero-order valence-electron chi connectivity index (χ0n) is 12.0. The SMILES string of the molecule is CNC(C)(CC(C)N1CCCCCCC1)C(=O)O. The summed E-state index contributed by atoms with van der Waals surface area (Å²) in [6.07, 6.45) is 7.11. The summed E-state index contributed by atoms with van der Waals surface area (Å²) in [4.78, 5) is 13.8. The number of carboxylic acid groups (broad SMARTS) is 1. The van der Waals surface area contributed by atoms with Crippen molar-refractivity contribution >= 4 is 5.97 Å². The van der Waals surface area contributed by atoms with Crippen LogP contribution in [-0.4, -0.2) is 47.7 Å². The normalized spacial score (nSPS) is 23.7. The number of nitrogens with zero attached hydrogens (tertiary/aromatic N) is 1. The molecule has 106 valence electrons. The van der Waals surface area contributed by atoms with Gasteiger partial charge in [-0.3, -0.25) is 4.79 Å². The van der Waals surface area contributed by atoms with Crippen LogP contribution in [0, 0.1) is 0 Å². The highest BCUT2D eigenvalue weighted by molar-refractivity contribution is 5.78. The first-order chi connectivity index (χ1) is 8.49.